The highest BCUT2D eigenvalue weighted by Crippen LogP contribution is 2.37. The molecule has 1 fully saturated rings. The van der Waals surface area contributed by atoms with Crippen molar-refractivity contribution in [2.45, 2.75) is 32.0 Å². The van der Waals surface area contributed by atoms with Crippen molar-refractivity contribution in [2.75, 3.05) is 12.3 Å². The van der Waals surface area contributed by atoms with Crippen molar-refractivity contribution in [1.82, 2.24) is 4.90 Å². The number of para-hydroxylation sites is 1. The lowest BCUT2D eigenvalue weighted by Gasteiger charge is -2.30. The fraction of sp³-hybridized carbons (Fsp3) is 0.500. The number of nitrogens with two attached hydrogens (primary N) is 1. The first kappa shape index (κ1) is 14.7. The Morgan fingerprint density at radius 3 is 2.50 bits per heavy atom. The summed E-state index contributed by atoms with van der Waals surface area (Å²) in [5, 5.41) is 0. The van der Waals surface area contributed by atoms with Gasteiger partial charge in [0.1, 0.15) is 6.54 Å². The van der Waals surface area contributed by atoms with Crippen LogP contribution < -0.4 is 5.73 Å². The molecule has 1 atom stereocenters. The first-order valence-corrected chi connectivity index (χ1v) is 6.52. The van der Waals surface area contributed by atoms with E-state index >= 15 is 0 Å². The van der Waals surface area contributed by atoms with Gasteiger partial charge in [0.25, 0.3) is 5.91 Å². The van der Waals surface area contributed by atoms with Crippen LogP contribution in [-0.4, -0.2) is 29.6 Å². The third-order valence-electron chi connectivity index (χ3n) is 3.60. The van der Waals surface area contributed by atoms with Gasteiger partial charge in [-0.25, -0.2) is 0 Å². The van der Waals surface area contributed by atoms with Crippen LogP contribution in [0.15, 0.2) is 24.3 Å². The van der Waals surface area contributed by atoms with Crippen LogP contribution in [0.3, 0.4) is 0 Å². The summed E-state index contributed by atoms with van der Waals surface area (Å²) in [4.78, 5) is 13.3. The van der Waals surface area contributed by atoms with Crippen LogP contribution in [0.2, 0.25) is 0 Å². The summed E-state index contributed by atoms with van der Waals surface area (Å²) in [5.41, 5.74) is 6.02. The molecule has 0 aromatic heterocycles. The van der Waals surface area contributed by atoms with Crippen LogP contribution in [0, 0.1) is 5.92 Å². The lowest BCUT2D eigenvalue weighted by molar-refractivity contribution is -0.144. The van der Waals surface area contributed by atoms with Gasteiger partial charge in [0, 0.05) is 11.7 Å². The molecule has 1 aliphatic carbocycles. The van der Waals surface area contributed by atoms with Gasteiger partial charge < -0.3 is 10.6 Å². The van der Waals surface area contributed by atoms with E-state index < -0.39 is 24.7 Å². The minimum absolute atomic E-state index is 0.129. The molecule has 20 heavy (non-hydrogen) atoms. The number of nitrogen functional groups attached to an aromatic ring is 1. The molecule has 0 heterocycles. The molecule has 1 aliphatic rings. The van der Waals surface area contributed by atoms with Crippen molar-refractivity contribution in [3.8, 4) is 0 Å². The number of halogens is 3. The normalized spacial score (nSPS) is 16.8. The van der Waals surface area contributed by atoms with Crippen molar-refractivity contribution < 1.29 is 18.0 Å². The van der Waals surface area contributed by atoms with Gasteiger partial charge in [-0.15, -0.1) is 0 Å². The van der Waals surface area contributed by atoms with Crippen LogP contribution in [-0.2, 0) is 0 Å². The molecule has 110 valence electrons. The number of benzene rings is 1. The molecule has 0 aliphatic heterocycles. The van der Waals surface area contributed by atoms with E-state index in [4.69, 9.17) is 5.73 Å². The molecular weight excluding hydrogens is 269 g/mol. The Kier molecular flexibility index (Phi) is 3.92. The second-order valence-corrected chi connectivity index (χ2v) is 5.21. The zero-order valence-corrected chi connectivity index (χ0v) is 11.2. The summed E-state index contributed by atoms with van der Waals surface area (Å²) >= 11 is 0. The molecule has 1 aromatic carbocycles. The number of rotatable bonds is 4. The smallest absolute Gasteiger partial charge is 0.398 e. The minimum atomic E-state index is -4.41. The Hall–Kier alpha value is -1.72. The molecule has 1 saturated carbocycles. The topological polar surface area (TPSA) is 46.3 Å². The molecule has 0 radical (unpaired) electrons. The zero-order valence-electron chi connectivity index (χ0n) is 11.2. The number of carbonyl (C=O) groups is 1. The van der Waals surface area contributed by atoms with Gasteiger partial charge in [0.15, 0.2) is 0 Å². The minimum Gasteiger partial charge on any atom is -0.398 e. The molecule has 1 amide bonds. The third kappa shape index (κ3) is 3.43. The number of hydrogen-bond acceptors (Lipinski definition) is 2. The van der Waals surface area contributed by atoms with Gasteiger partial charge >= 0.3 is 6.18 Å². The van der Waals surface area contributed by atoms with Crippen LogP contribution in [0.4, 0.5) is 18.9 Å². The molecule has 0 saturated heterocycles. The van der Waals surface area contributed by atoms with E-state index in [0.717, 1.165) is 17.7 Å². The number of carbonyl (C=O) groups excluding carboxylic acids is 1. The molecule has 3 nitrogen and oxygen atoms in total. The predicted molar refractivity (Wildman–Crippen MR) is 70.1 cm³/mol. The maximum absolute atomic E-state index is 12.7. The molecule has 6 heteroatoms. The number of anilines is 1. The van der Waals surface area contributed by atoms with Gasteiger partial charge in [0.05, 0.1) is 5.56 Å². The largest absolute Gasteiger partial charge is 0.406 e. The highest BCUT2D eigenvalue weighted by Gasteiger charge is 2.40. The van der Waals surface area contributed by atoms with Crippen LogP contribution >= 0.6 is 0 Å². The van der Waals surface area contributed by atoms with E-state index in [0.29, 0.717) is 0 Å². The maximum Gasteiger partial charge on any atom is 0.406 e. The second kappa shape index (κ2) is 5.34. The van der Waals surface area contributed by atoms with Gasteiger partial charge in [-0.2, -0.15) is 13.2 Å². The van der Waals surface area contributed by atoms with E-state index in [9.17, 15) is 18.0 Å². The van der Waals surface area contributed by atoms with Gasteiger partial charge in [-0.3, -0.25) is 4.79 Å². The standard InChI is InChI=1S/C14H17F3N2O/c1-9(10-6-7-10)19(8-14(15,16)17)13(20)11-4-2-3-5-12(11)18/h2-5,9-10H,6-8,18H2,1H3. The average molecular weight is 286 g/mol. The number of nitrogens with zero attached hydrogens (tertiary/aromatic N) is 1. The first-order valence-electron chi connectivity index (χ1n) is 6.52. The van der Waals surface area contributed by atoms with E-state index in [1.807, 2.05) is 0 Å². The van der Waals surface area contributed by atoms with E-state index in [1.165, 1.54) is 12.1 Å². The van der Waals surface area contributed by atoms with Crippen molar-refractivity contribution in [3.05, 3.63) is 29.8 Å². The first-order chi connectivity index (χ1) is 9.29. The molecular formula is C14H17F3N2O. The van der Waals surface area contributed by atoms with E-state index in [1.54, 1.807) is 19.1 Å². The Balaban J connectivity index is 2.25. The summed E-state index contributed by atoms with van der Waals surface area (Å²) in [5.74, 6) is -0.494. The van der Waals surface area contributed by atoms with E-state index in [2.05, 4.69) is 0 Å². The summed E-state index contributed by atoms with van der Waals surface area (Å²) < 4.78 is 38.1. The van der Waals surface area contributed by atoms with Crippen molar-refractivity contribution in [2.24, 2.45) is 5.92 Å². The molecule has 1 unspecified atom stereocenters. The lowest BCUT2D eigenvalue weighted by atomic mass is 10.1. The van der Waals surface area contributed by atoms with Crippen molar-refractivity contribution in [3.63, 3.8) is 0 Å². The van der Waals surface area contributed by atoms with Crippen LogP contribution in [0.5, 0.6) is 0 Å². The molecule has 0 bridgehead atoms. The molecule has 1 aromatic rings. The van der Waals surface area contributed by atoms with Gasteiger partial charge in [-0.1, -0.05) is 12.1 Å². The maximum atomic E-state index is 12.7. The highest BCUT2D eigenvalue weighted by atomic mass is 19.4. The molecule has 2 N–H and O–H groups in total. The third-order valence-corrected chi connectivity index (χ3v) is 3.60. The Labute approximate surface area is 115 Å². The van der Waals surface area contributed by atoms with E-state index in [-0.39, 0.29) is 17.2 Å². The predicted octanol–water partition coefficient (Wildman–Crippen LogP) is 3.07. The van der Waals surface area contributed by atoms with Crippen molar-refractivity contribution in [1.29, 1.82) is 0 Å². The second-order valence-electron chi connectivity index (χ2n) is 5.21. The molecule has 2 rings (SSSR count). The lowest BCUT2D eigenvalue weighted by Crippen LogP contribution is -2.45. The number of alkyl halides is 3. The number of amides is 1. The highest BCUT2D eigenvalue weighted by molar-refractivity contribution is 5.99. The Morgan fingerprint density at radius 2 is 2.00 bits per heavy atom. The summed E-state index contributed by atoms with van der Waals surface area (Å²) in [6, 6.07) is 5.78. The summed E-state index contributed by atoms with van der Waals surface area (Å²) in [6.07, 6.45) is -2.68. The van der Waals surface area contributed by atoms with Gasteiger partial charge in [0.2, 0.25) is 0 Å². The Bertz CT molecular complexity index is 497. The molecule has 0 spiro atoms. The van der Waals surface area contributed by atoms with Crippen molar-refractivity contribution >= 4 is 11.6 Å². The summed E-state index contributed by atoms with van der Waals surface area (Å²) in [7, 11) is 0. The number of hydrogen-bond donors (Lipinski definition) is 1. The SMILES string of the molecule is CC(C1CC1)N(CC(F)(F)F)C(=O)c1ccccc1N. The van der Waals surface area contributed by atoms with Gasteiger partial charge in [-0.05, 0) is 37.8 Å². The Morgan fingerprint density at radius 1 is 1.40 bits per heavy atom. The zero-order chi connectivity index (χ0) is 14.9. The quantitative estimate of drug-likeness (QED) is 0.865. The average Bonchev–Trinajstić information content (AvgIpc) is 3.18. The fourth-order valence-corrected chi connectivity index (χ4v) is 2.27. The van der Waals surface area contributed by atoms with Crippen LogP contribution in [0.1, 0.15) is 30.1 Å². The van der Waals surface area contributed by atoms with Crippen LogP contribution in [0.25, 0.3) is 0 Å². The summed E-state index contributed by atoms with van der Waals surface area (Å²) in [6.45, 7) is 0.429. The monoisotopic (exact) mass is 286 g/mol. The fourth-order valence-electron chi connectivity index (χ4n) is 2.27.